The molecule has 144 valence electrons. The van der Waals surface area contributed by atoms with E-state index in [0.717, 1.165) is 54.0 Å². The molecule has 0 radical (unpaired) electrons. The molecule has 3 heterocycles. The van der Waals surface area contributed by atoms with E-state index in [4.69, 9.17) is 16.7 Å². The van der Waals surface area contributed by atoms with Crippen molar-refractivity contribution in [2.45, 2.75) is 18.8 Å². The number of carboxylic acid groups (broad SMARTS) is 1. The number of piperidine rings is 1. The second-order valence-corrected chi connectivity index (χ2v) is 7.48. The molecule has 0 spiro atoms. The van der Waals surface area contributed by atoms with Crippen LogP contribution in [0.5, 0.6) is 0 Å². The molecule has 2 aromatic heterocycles. The van der Waals surface area contributed by atoms with E-state index in [1.54, 1.807) is 12.4 Å². The van der Waals surface area contributed by atoms with Gasteiger partial charge in [-0.25, -0.2) is 0 Å². The molecular formula is C21H21ClN4O2. The summed E-state index contributed by atoms with van der Waals surface area (Å²) in [5, 5.41) is 17.6. The van der Waals surface area contributed by atoms with Crippen LogP contribution >= 0.6 is 11.6 Å². The molecule has 1 fully saturated rings. The van der Waals surface area contributed by atoms with Crippen molar-refractivity contribution in [2.24, 2.45) is 0 Å². The highest BCUT2D eigenvalue weighted by atomic mass is 35.5. The van der Waals surface area contributed by atoms with Crippen molar-refractivity contribution in [3.63, 3.8) is 0 Å². The van der Waals surface area contributed by atoms with Crippen molar-refractivity contribution in [2.75, 3.05) is 19.6 Å². The van der Waals surface area contributed by atoms with Gasteiger partial charge in [0.1, 0.15) is 5.69 Å². The topological polar surface area (TPSA) is 82.1 Å². The monoisotopic (exact) mass is 396 g/mol. The number of hydrogen-bond donors (Lipinski definition) is 2. The third kappa shape index (κ3) is 3.93. The Balaban J connectivity index is 1.68. The number of pyridine rings is 1. The molecule has 1 aliphatic heterocycles. The van der Waals surface area contributed by atoms with Crippen LogP contribution in [-0.4, -0.2) is 50.8 Å². The van der Waals surface area contributed by atoms with Gasteiger partial charge in [-0.15, -0.1) is 0 Å². The summed E-state index contributed by atoms with van der Waals surface area (Å²) in [4.78, 5) is 17.1. The van der Waals surface area contributed by atoms with Crippen LogP contribution in [0.4, 0.5) is 0 Å². The highest BCUT2D eigenvalue weighted by molar-refractivity contribution is 6.30. The number of nitrogens with zero attached hydrogens (tertiary/aromatic N) is 3. The SMILES string of the molecule is O=C(O)CN1CCC(c2[nH]nc(-c3ccc(Cl)cc3)c2-c2ccncc2)CC1. The van der Waals surface area contributed by atoms with Gasteiger partial charge in [0.15, 0.2) is 0 Å². The van der Waals surface area contributed by atoms with Gasteiger partial charge in [-0.2, -0.15) is 5.10 Å². The highest BCUT2D eigenvalue weighted by Gasteiger charge is 2.27. The summed E-state index contributed by atoms with van der Waals surface area (Å²) in [6.07, 6.45) is 5.36. The van der Waals surface area contributed by atoms with Gasteiger partial charge < -0.3 is 5.11 Å². The number of aromatic nitrogens is 3. The molecule has 28 heavy (non-hydrogen) atoms. The molecule has 1 saturated heterocycles. The predicted molar refractivity (Wildman–Crippen MR) is 108 cm³/mol. The lowest BCUT2D eigenvalue weighted by molar-refractivity contribution is -0.138. The maximum Gasteiger partial charge on any atom is 0.317 e. The van der Waals surface area contributed by atoms with Gasteiger partial charge in [-0.05, 0) is 55.8 Å². The van der Waals surface area contributed by atoms with Crippen LogP contribution < -0.4 is 0 Å². The van der Waals surface area contributed by atoms with E-state index < -0.39 is 5.97 Å². The number of likely N-dealkylation sites (tertiary alicyclic amines) is 1. The van der Waals surface area contributed by atoms with Crippen LogP contribution in [0.3, 0.4) is 0 Å². The van der Waals surface area contributed by atoms with Crippen molar-refractivity contribution in [1.82, 2.24) is 20.1 Å². The first-order valence-corrected chi connectivity index (χ1v) is 9.68. The average Bonchev–Trinajstić information content (AvgIpc) is 3.14. The molecule has 0 bridgehead atoms. The lowest BCUT2D eigenvalue weighted by Gasteiger charge is -2.30. The van der Waals surface area contributed by atoms with E-state index in [9.17, 15) is 4.79 Å². The maximum absolute atomic E-state index is 11.0. The molecule has 0 unspecified atom stereocenters. The zero-order valence-corrected chi connectivity index (χ0v) is 16.1. The lowest BCUT2D eigenvalue weighted by atomic mass is 9.88. The number of hydrogen-bond acceptors (Lipinski definition) is 4. The molecular weight excluding hydrogens is 376 g/mol. The van der Waals surface area contributed by atoms with Crippen molar-refractivity contribution < 1.29 is 9.90 Å². The third-order valence-corrected chi connectivity index (χ3v) is 5.49. The number of carboxylic acids is 1. The Hall–Kier alpha value is -2.70. The number of aromatic amines is 1. The van der Waals surface area contributed by atoms with Gasteiger partial charge in [-0.3, -0.25) is 19.8 Å². The first-order chi connectivity index (χ1) is 13.6. The molecule has 4 rings (SSSR count). The molecule has 0 saturated carbocycles. The van der Waals surface area contributed by atoms with E-state index >= 15 is 0 Å². The zero-order valence-electron chi connectivity index (χ0n) is 15.3. The summed E-state index contributed by atoms with van der Waals surface area (Å²) in [6, 6.07) is 11.7. The summed E-state index contributed by atoms with van der Waals surface area (Å²) in [6.45, 7) is 1.63. The van der Waals surface area contributed by atoms with Crippen molar-refractivity contribution in [1.29, 1.82) is 0 Å². The third-order valence-electron chi connectivity index (χ3n) is 5.24. The Morgan fingerprint density at radius 3 is 2.43 bits per heavy atom. The summed E-state index contributed by atoms with van der Waals surface area (Å²) < 4.78 is 0. The molecule has 7 heteroatoms. The van der Waals surface area contributed by atoms with Gasteiger partial charge in [0, 0.05) is 40.2 Å². The van der Waals surface area contributed by atoms with E-state index in [1.807, 2.05) is 41.3 Å². The molecule has 0 aliphatic carbocycles. The molecule has 1 aromatic carbocycles. The van der Waals surface area contributed by atoms with Crippen molar-refractivity contribution >= 4 is 17.6 Å². The minimum atomic E-state index is -0.775. The summed E-state index contributed by atoms with van der Waals surface area (Å²) in [7, 11) is 0. The van der Waals surface area contributed by atoms with E-state index in [-0.39, 0.29) is 6.54 Å². The lowest BCUT2D eigenvalue weighted by Crippen LogP contribution is -2.36. The number of benzene rings is 1. The minimum Gasteiger partial charge on any atom is -0.480 e. The summed E-state index contributed by atoms with van der Waals surface area (Å²) in [5.74, 6) is -0.468. The van der Waals surface area contributed by atoms with Gasteiger partial charge in [0.25, 0.3) is 0 Å². The standard InChI is InChI=1S/C21H21ClN4O2/c22-17-3-1-15(2-4-17)20-19(14-5-9-23-10-6-14)21(25-24-20)16-7-11-26(12-8-16)13-18(27)28/h1-6,9-10,16H,7-8,11-13H2,(H,24,25)(H,27,28). The van der Waals surface area contributed by atoms with Crippen LogP contribution in [0.15, 0.2) is 48.8 Å². The largest absolute Gasteiger partial charge is 0.480 e. The van der Waals surface area contributed by atoms with Crippen molar-refractivity contribution in [3.8, 4) is 22.4 Å². The minimum absolute atomic E-state index is 0.100. The fraction of sp³-hybridized carbons (Fsp3) is 0.286. The predicted octanol–water partition coefficient (Wildman–Crippen LogP) is 4.06. The van der Waals surface area contributed by atoms with Crippen LogP contribution in [0, 0.1) is 0 Å². The Morgan fingerprint density at radius 2 is 1.79 bits per heavy atom. The van der Waals surface area contributed by atoms with Gasteiger partial charge in [0.05, 0.1) is 6.54 Å². The molecule has 2 N–H and O–H groups in total. The first-order valence-electron chi connectivity index (χ1n) is 9.30. The quantitative estimate of drug-likeness (QED) is 0.679. The second-order valence-electron chi connectivity index (χ2n) is 7.05. The Kier molecular flexibility index (Phi) is 5.41. The number of rotatable bonds is 5. The number of carbonyl (C=O) groups is 1. The van der Waals surface area contributed by atoms with Crippen LogP contribution in [0.1, 0.15) is 24.5 Å². The zero-order chi connectivity index (χ0) is 19.5. The first kappa shape index (κ1) is 18.7. The Labute approximate surface area is 168 Å². The van der Waals surface area contributed by atoms with Gasteiger partial charge in [-0.1, -0.05) is 23.7 Å². The second kappa shape index (κ2) is 8.12. The van der Waals surface area contributed by atoms with Crippen molar-refractivity contribution in [3.05, 3.63) is 59.5 Å². The summed E-state index contributed by atoms with van der Waals surface area (Å²) in [5.41, 5.74) is 5.15. The Bertz CT molecular complexity index is 948. The van der Waals surface area contributed by atoms with Crippen LogP contribution in [0.25, 0.3) is 22.4 Å². The van der Waals surface area contributed by atoms with Gasteiger partial charge >= 0.3 is 5.97 Å². The number of nitrogens with one attached hydrogen (secondary N) is 1. The molecule has 1 aliphatic rings. The number of halogens is 1. The summed E-state index contributed by atoms with van der Waals surface area (Å²) >= 11 is 6.05. The smallest absolute Gasteiger partial charge is 0.317 e. The Morgan fingerprint density at radius 1 is 1.11 bits per heavy atom. The van der Waals surface area contributed by atoms with Gasteiger partial charge in [0.2, 0.25) is 0 Å². The van der Waals surface area contributed by atoms with Crippen LogP contribution in [-0.2, 0) is 4.79 Å². The molecule has 3 aromatic rings. The van der Waals surface area contributed by atoms with Crippen LogP contribution in [0.2, 0.25) is 5.02 Å². The maximum atomic E-state index is 11.0. The normalized spacial score (nSPS) is 15.6. The number of H-pyrrole nitrogens is 1. The average molecular weight is 397 g/mol. The molecule has 6 nitrogen and oxygen atoms in total. The van der Waals surface area contributed by atoms with E-state index in [1.165, 1.54) is 0 Å². The fourth-order valence-electron chi connectivity index (χ4n) is 3.85. The molecule has 0 amide bonds. The number of aliphatic carboxylic acids is 1. The van der Waals surface area contributed by atoms with E-state index in [2.05, 4.69) is 15.2 Å². The highest BCUT2D eigenvalue weighted by Crippen LogP contribution is 2.39. The molecule has 0 atom stereocenters. The fourth-order valence-corrected chi connectivity index (χ4v) is 3.98. The van der Waals surface area contributed by atoms with E-state index in [0.29, 0.717) is 10.9 Å².